The van der Waals surface area contributed by atoms with Crippen LogP contribution >= 0.6 is 0 Å². The number of rotatable bonds is 3. The molecule has 0 aliphatic rings. The zero-order chi connectivity index (χ0) is 13.8. The summed E-state index contributed by atoms with van der Waals surface area (Å²) in [6, 6.07) is 9.33. The van der Waals surface area contributed by atoms with Crippen LogP contribution in [0.5, 0.6) is 11.6 Å². The van der Waals surface area contributed by atoms with Crippen LogP contribution in [0.25, 0.3) is 0 Å². The lowest BCUT2D eigenvalue weighted by atomic mass is 10.2. The van der Waals surface area contributed by atoms with Crippen LogP contribution in [0.4, 0.5) is 4.39 Å². The van der Waals surface area contributed by atoms with Crippen LogP contribution in [-0.4, -0.2) is 16.1 Å². The van der Waals surface area contributed by atoms with Crippen molar-refractivity contribution in [3.05, 3.63) is 53.5 Å². The predicted molar refractivity (Wildman–Crippen MR) is 62.4 cm³/mol. The van der Waals surface area contributed by atoms with E-state index in [1.54, 1.807) is 0 Å². The molecule has 2 rings (SSSR count). The molecule has 0 bridgehead atoms. The van der Waals surface area contributed by atoms with Crippen molar-refractivity contribution in [2.45, 2.75) is 0 Å². The van der Waals surface area contributed by atoms with Crippen molar-refractivity contribution in [1.29, 1.82) is 5.26 Å². The highest BCUT2D eigenvalue weighted by Gasteiger charge is 2.13. The lowest BCUT2D eigenvalue weighted by Gasteiger charge is -2.07. The van der Waals surface area contributed by atoms with Crippen molar-refractivity contribution < 1.29 is 19.0 Å². The smallest absolute Gasteiger partial charge is 0.339 e. The minimum Gasteiger partial charge on any atom is -0.478 e. The molecule has 0 fully saturated rings. The Morgan fingerprint density at radius 2 is 2.16 bits per heavy atom. The van der Waals surface area contributed by atoms with E-state index in [1.807, 2.05) is 6.07 Å². The van der Waals surface area contributed by atoms with E-state index < -0.39 is 11.8 Å². The average Bonchev–Trinajstić information content (AvgIpc) is 2.38. The first-order valence-corrected chi connectivity index (χ1v) is 5.18. The average molecular weight is 258 g/mol. The Morgan fingerprint density at radius 1 is 1.37 bits per heavy atom. The second-order valence-corrected chi connectivity index (χ2v) is 3.52. The molecule has 0 amide bonds. The lowest BCUT2D eigenvalue weighted by Crippen LogP contribution is -2.01. The standard InChI is InChI=1S/C13H7FN2O3/c14-8-4-5-10(13(17)18)11(6-8)19-12-3-1-2-9(7-15)16-12/h1-6H,(H,17,18). The van der Waals surface area contributed by atoms with Crippen LogP contribution in [0.2, 0.25) is 0 Å². The minimum absolute atomic E-state index is 0.0205. The Labute approximate surface area is 107 Å². The van der Waals surface area contributed by atoms with Gasteiger partial charge < -0.3 is 9.84 Å². The molecule has 1 heterocycles. The summed E-state index contributed by atoms with van der Waals surface area (Å²) in [4.78, 5) is 14.8. The molecule has 0 aliphatic carbocycles. The van der Waals surface area contributed by atoms with Crippen LogP contribution in [-0.2, 0) is 0 Å². The van der Waals surface area contributed by atoms with Gasteiger partial charge in [-0.25, -0.2) is 14.2 Å². The summed E-state index contributed by atoms with van der Waals surface area (Å²) >= 11 is 0. The van der Waals surface area contributed by atoms with Gasteiger partial charge >= 0.3 is 5.97 Å². The van der Waals surface area contributed by atoms with E-state index in [2.05, 4.69) is 4.98 Å². The summed E-state index contributed by atoms with van der Waals surface area (Å²) in [5, 5.41) is 17.7. The maximum absolute atomic E-state index is 13.1. The third-order valence-corrected chi connectivity index (χ3v) is 2.23. The number of nitriles is 1. The van der Waals surface area contributed by atoms with Gasteiger partial charge in [-0.15, -0.1) is 0 Å². The molecule has 0 unspecified atom stereocenters. The summed E-state index contributed by atoms with van der Waals surface area (Å²) in [6.07, 6.45) is 0. The summed E-state index contributed by atoms with van der Waals surface area (Å²) in [7, 11) is 0. The normalized spacial score (nSPS) is 9.68. The van der Waals surface area contributed by atoms with Crippen LogP contribution in [0.3, 0.4) is 0 Å². The number of hydrogen-bond acceptors (Lipinski definition) is 4. The largest absolute Gasteiger partial charge is 0.478 e. The minimum atomic E-state index is -1.24. The van der Waals surface area contributed by atoms with E-state index in [-0.39, 0.29) is 22.9 Å². The van der Waals surface area contributed by atoms with Crippen molar-refractivity contribution in [1.82, 2.24) is 4.98 Å². The second kappa shape index (κ2) is 5.14. The van der Waals surface area contributed by atoms with Crippen molar-refractivity contribution in [3.63, 3.8) is 0 Å². The van der Waals surface area contributed by atoms with Gasteiger partial charge in [-0.05, 0) is 18.2 Å². The number of ether oxygens (including phenoxy) is 1. The third kappa shape index (κ3) is 2.84. The first kappa shape index (κ1) is 12.5. The number of nitrogens with zero attached hydrogens (tertiary/aromatic N) is 2. The maximum atomic E-state index is 13.1. The van der Waals surface area contributed by atoms with Crippen LogP contribution in [0.1, 0.15) is 16.1 Å². The number of aromatic carboxylic acids is 1. The number of benzene rings is 1. The lowest BCUT2D eigenvalue weighted by molar-refractivity contribution is 0.0694. The topological polar surface area (TPSA) is 83.2 Å². The Morgan fingerprint density at radius 3 is 2.84 bits per heavy atom. The first-order valence-electron chi connectivity index (χ1n) is 5.18. The quantitative estimate of drug-likeness (QED) is 0.914. The predicted octanol–water partition coefficient (Wildman–Crippen LogP) is 2.58. The molecular formula is C13H7FN2O3. The van der Waals surface area contributed by atoms with E-state index in [9.17, 15) is 9.18 Å². The molecule has 1 N–H and O–H groups in total. The van der Waals surface area contributed by atoms with Crippen molar-refractivity contribution in [3.8, 4) is 17.7 Å². The highest BCUT2D eigenvalue weighted by atomic mass is 19.1. The summed E-state index contributed by atoms with van der Waals surface area (Å²) < 4.78 is 18.3. The molecule has 2 aromatic rings. The maximum Gasteiger partial charge on any atom is 0.339 e. The monoisotopic (exact) mass is 258 g/mol. The fraction of sp³-hybridized carbons (Fsp3) is 0. The number of carbonyl (C=O) groups is 1. The van der Waals surface area contributed by atoms with Crippen molar-refractivity contribution in [2.75, 3.05) is 0 Å². The van der Waals surface area contributed by atoms with Crippen LogP contribution in [0, 0.1) is 17.1 Å². The molecule has 5 nitrogen and oxygen atoms in total. The molecule has 19 heavy (non-hydrogen) atoms. The highest BCUT2D eigenvalue weighted by Crippen LogP contribution is 2.25. The Bertz CT molecular complexity index is 680. The van der Waals surface area contributed by atoms with E-state index >= 15 is 0 Å². The molecular weight excluding hydrogens is 251 g/mol. The van der Waals surface area contributed by atoms with Gasteiger partial charge in [0.05, 0.1) is 0 Å². The van der Waals surface area contributed by atoms with Crippen LogP contribution < -0.4 is 4.74 Å². The van der Waals surface area contributed by atoms with Gasteiger partial charge in [0.15, 0.2) is 0 Å². The van der Waals surface area contributed by atoms with Crippen molar-refractivity contribution >= 4 is 5.97 Å². The SMILES string of the molecule is N#Cc1cccc(Oc2cc(F)ccc2C(=O)O)n1. The van der Waals surface area contributed by atoms with Gasteiger partial charge in [-0.3, -0.25) is 0 Å². The number of aromatic nitrogens is 1. The van der Waals surface area contributed by atoms with Gasteiger partial charge in [0.2, 0.25) is 5.88 Å². The molecule has 0 saturated carbocycles. The number of hydrogen-bond donors (Lipinski definition) is 1. The summed E-state index contributed by atoms with van der Waals surface area (Å²) in [5.41, 5.74) is -0.0728. The zero-order valence-corrected chi connectivity index (χ0v) is 9.50. The summed E-state index contributed by atoms with van der Waals surface area (Å²) in [6.45, 7) is 0. The van der Waals surface area contributed by atoms with Crippen LogP contribution in [0.15, 0.2) is 36.4 Å². The fourth-order valence-corrected chi connectivity index (χ4v) is 1.40. The molecule has 94 valence electrons. The Hall–Kier alpha value is -2.94. The molecule has 6 heteroatoms. The van der Waals surface area contributed by atoms with E-state index in [4.69, 9.17) is 15.1 Å². The fourth-order valence-electron chi connectivity index (χ4n) is 1.40. The molecule has 0 saturated heterocycles. The van der Waals surface area contributed by atoms with E-state index in [0.717, 1.165) is 18.2 Å². The highest BCUT2D eigenvalue weighted by molar-refractivity contribution is 5.90. The zero-order valence-electron chi connectivity index (χ0n) is 9.50. The van der Waals surface area contributed by atoms with Gasteiger partial charge in [0.25, 0.3) is 0 Å². The molecule has 0 radical (unpaired) electrons. The number of pyridine rings is 1. The molecule has 0 spiro atoms. The molecule has 0 atom stereocenters. The molecule has 0 aliphatic heterocycles. The number of carboxylic acids is 1. The van der Waals surface area contributed by atoms with E-state index in [0.29, 0.717) is 0 Å². The molecule has 1 aromatic heterocycles. The second-order valence-electron chi connectivity index (χ2n) is 3.52. The van der Waals surface area contributed by atoms with Gasteiger partial charge in [-0.2, -0.15) is 5.26 Å². The summed E-state index contributed by atoms with van der Waals surface area (Å²) in [5.74, 6) is -2.02. The Balaban J connectivity index is 2.40. The first-order chi connectivity index (χ1) is 9.10. The Kier molecular flexibility index (Phi) is 3.39. The number of halogens is 1. The number of carboxylic acid groups (broad SMARTS) is 1. The van der Waals surface area contributed by atoms with Crippen molar-refractivity contribution in [2.24, 2.45) is 0 Å². The van der Waals surface area contributed by atoms with Gasteiger partial charge in [0, 0.05) is 12.1 Å². The van der Waals surface area contributed by atoms with Gasteiger partial charge in [-0.1, -0.05) is 6.07 Å². The molecule has 1 aromatic carbocycles. The third-order valence-electron chi connectivity index (χ3n) is 2.23. The van der Waals surface area contributed by atoms with E-state index in [1.165, 1.54) is 18.2 Å². The van der Waals surface area contributed by atoms with Gasteiger partial charge in [0.1, 0.15) is 28.9 Å².